The molecular weight excluding hydrogens is 160 g/mol. The van der Waals surface area contributed by atoms with Gasteiger partial charge < -0.3 is 0 Å². The van der Waals surface area contributed by atoms with Gasteiger partial charge in [-0.3, -0.25) is 5.26 Å². The molecule has 0 aliphatic heterocycles. The van der Waals surface area contributed by atoms with Crippen LogP contribution in [0.25, 0.3) is 0 Å². The minimum Gasteiger partial charge on any atom is -0.251 e. The molecule has 1 N–H and O–H groups in total. The highest BCUT2D eigenvalue weighted by Crippen LogP contribution is 2.12. The van der Waals surface area contributed by atoms with Crippen LogP contribution in [-0.2, 0) is 14.7 Å². The summed E-state index contributed by atoms with van der Waals surface area (Å²) < 4.78 is 0. The smallest absolute Gasteiger partial charge is 0.124 e. The maximum atomic E-state index is 8.39. The molecule has 0 saturated carbocycles. The lowest BCUT2D eigenvalue weighted by Gasteiger charge is -2.23. The molecule has 4 nitrogen and oxygen atoms in total. The second-order valence-electron chi connectivity index (χ2n) is 4.31. The summed E-state index contributed by atoms with van der Waals surface area (Å²) in [6, 6.07) is 0. The summed E-state index contributed by atoms with van der Waals surface area (Å²) in [5.41, 5.74) is -1.07. The van der Waals surface area contributed by atoms with Gasteiger partial charge in [0.1, 0.15) is 12.2 Å². The van der Waals surface area contributed by atoms with Crippen molar-refractivity contribution >= 4 is 0 Å². The summed E-state index contributed by atoms with van der Waals surface area (Å²) in [7, 11) is 0. The Labute approximate surface area is 73.3 Å². The molecule has 0 aromatic heterocycles. The Morgan fingerprint density at radius 2 is 1.58 bits per heavy atom. The predicted molar refractivity (Wildman–Crippen MR) is 44.6 cm³/mol. The van der Waals surface area contributed by atoms with E-state index in [-0.39, 0.29) is 12.2 Å². The Balaban J connectivity index is 3.57. The lowest BCUT2D eigenvalue weighted by molar-refractivity contribution is -0.395. The summed E-state index contributed by atoms with van der Waals surface area (Å²) >= 11 is 0. The Morgan fingerprint density at radius 1 is 1.08 bits per heavy atom. The van der Waals surface area contributed by atoms with Crippen LogP contribution in [-0.4, -0.2) is 23.1 Å². The van der Waals surface area contributed by atoms with Gasteiger partial charge in [0.25, 0.3) is 0 Å². The molecule has 0 aliphatic carbocycles. The van der Waals surface area contributed by atoms with E-state index in [1.165, 1.54) is 0 Å². The van der Waals surface area contributed by atoms with E-state index >= 15 is 0 Å². The van der Waals surface area contributed by atoms with Gasteiger partial charge in [0.2, 0.25) is 0 Å². The van der Waals surface area contributed by atoms with Crippen molar-refractivity contribution in [3.63, 3.8) is 0 Å². The Hall–Kier alpha value is -0.160. The van der Waals surface area contributed by atoms with Gasteiger partial charge in [-0.25, -0.2) is 14.7 Å². The molecule has 0 radical (unpaired) electrons. The first-order valence-electron chi connectivity index (χ1n) is 3.90. The molecule has 12 heavy (non-hydrogen) atoms. The third kappa shape index (κ3) is 6.54. The highest BCUT2D eigenvalue weighted by atomic mass is 17.2. The molecule has 0 aliphatic rings. The van der Waals surface area contributed by atoms with Gasteiger partial charge in [-0.05, 0) is 34.6 Å². The highest BCUT2D eigenvalue weighted by Gasteiger charge is 2.21. The SMILES string of the molecule is CC(C)(C)OOCC(C)(C)OO. The van der Waals surface area contributed by atoms with Crippen LogP contribution in [0.4, 0.5) is 0 Å². The third-order valence-corrected chi connectivity index (χ3v) is 0.963. The van der Waals surface area contributed by atoms with Gasteiger partial charge >= 0.3 is 0 Å². The van der Waals surface area contributed by atoms with E-state index in [0.717, 1.165) is 0 Å². The first-order chi connectivity index (χ1) is 5.27. The molecule has 0 spiro atoms. The van der Waals surface area contributed by atoms with Crippen LogP contribution in [0.1, 0.15) is 34.6 Å². The van der Waals surface area contributed by atoms with Gasteiger partial charge in [0.05, 0.1) is 5.60 Å². The normalized spacial score (nSPS) is 13.5. The average molecular weight is 178 g/mol. The van der Waals surface area contributed by atoms with Crippen molar-refractivity contribution in [3.05, 3.63) is 0 Å². The Kier molecular flexibility index (Phi) is 4.13. The number of hydrogen-bond donors (Lipinski definition) is 1. The van der Waals surface area contributed by atoms with Gasteiger partial charge in [-0.2, -0.15) is 0 Å². The van der Waals surface area contributed by atoms with E-state index in [0.29, 0.717) is 0 Å². The number of rotatable bonds is 4. The van der Waals surface area contributed by atoms with E-state index in [1.54, 1.807) is 13.8 Å². The van der Waals surface area contributed by atoms with Crippen LogP contribution in [0.15, 0.2) is 0 Å². The fourth-order valence-corrected chi connectivity index (χ4v) is 0.374. The van der Waals surface area contributed by atoms with Crippen LogP contribution < -0.4 is 0 Å². The molecule has 0 heterocycles. The van der Waals surface area contributed by atoms with Crippen molar-refractivity contribution in [2.75, 3.05) is 6.61 Å². The predicted octanol–water partition coefficient (Wildman–Crippen LogP) is 2.00. The molecular formula is C8H18O4. The van der Waals surface area contributed by atoms with E-state index in [9.17, 15) is 0 Å². The summed E-state index contributed by atoms with van der Waals surface area (Å²) in [4.78, 5) is 14.0. The van der Waals surface area contributed by atoms with E-state index in [1.807, 2.05) is 20.8 Å². The quantitative estimate of drug-likeness (QED) is 0.528. The van der Waals surface area contributed by atoms with Crippen molar-refractivity contribution in [2.45, 2.75) is 45.8 Å². The first kappa shape index (κ1) is 11.8. The molecule has 0 unspecified atom stereocenters. The van der Waals surface area contributed by atoms with Gasteiger partial charge in [0.15, 0.2) is 0 Å². The third-order valence-electron chi connectivity index (χ3n) is 0.963. The van der Waals surface area contributed by atoms with Gasteiger partial charge in [-0.15, -0.1) is 0 Å². The Bertz CT molecular complexity index is 126. The Morgan fingerprint density at radius 3 is 1.92 bits per heavy atom. The van der Waals surface area contributed by atoms with Crippen LogP contribution in [0, 0.1) is 0 Å². The van der Waals surface area contributed by atoms with Crippen LogP contribution >= 0.6 is 0 Å². The summed E-state index contributed by atoms with van der Waals surface area (Å²) in [5, 5.41) is 8.39. The maximum Gasteiger partial charge on any atom is 0.124 e. The summed E-state index contributed by atoms with van der Waals surface area (Å²) in [6.07, 6.45) is 0. The lowest BCUT2D eigenvalue weighted by Crippen LogP contribution is -2.31. The summed E-state index contributed by atoms with van der Waals surface area (Å²) in [5.74, 6) is 0. The molecule has 0 bridgehead atoms. The van der Waals surface area contributed by atoms with Gasteiger partial charge in [-0.1, -0.05) is 0 Å². The van der Waals surface area contributed by atoms with Crippen molar-refractivity contribution in [3.8, 4) is 0 Å². The topological polar surface area (TPSA) is 47.9 Å². The molecule has 0 fully saturated rings. The number of hydrogen-bond acceptors (Lipinski definition) is 4. The fourth-order valence-electron chi connectivity index (χ4n) is 0.374. The second-order valence-corrected chi connectivity index (χ2v) is 4.31. The van der Waals surface area contributed by atoms with Crippen LogP contribution in [0.3, 0.4) is 0 Å². The fraction of sp³-hybridized carbons (Fsp3) is 1.00. The zero-order valence-corrected chi connectivity index (χ0v) is 8.38. The molecule has 0 atom stereocenters. The molecule has 0 rings (SSSR count). The molecule has 0 saturated heterocycles. The van der Waals surface area contributed by atoms with Crippen molar-refractivity contribution in [2.24, 2.45) is 0 Å². The monoisotopic (exact) mass is 178 g/mol. The standard InChI is InChI=1S/C8H18O4/c1-7(2,3)12-10-6-8(4,5)11-9/h9H,6H2,1-5H3. The first-order valence-corrected chi connectivity index (χ1v) is 3.90. The molecule has 0 amide bonds. The van der Waals surface area contributed by atoms with Crippen LogP contribution in [0.2, 0.25) is 0 Å². The van der Waals surface area contributed by atoms with Gasteiger partial charge in [0, 0.05) is 0 Å². The van der Waals surface area contributed by atoms with Crippen molar-refractivity contribution < 1.29 is 19.9 Å². The zero-order chi connectivity index (χ0) is 9.83. The lowest BCUT2D eigenvalue weighted by atomic mass is 10.2. The molecule has 0 aromatic carbocycles. The maximum absolute atomic E-state index is 8.39. The summed E-state index contributed by atoms with van der Waals surface area (Å²) in [6.45, 7) is 9.19. The molecule has 4 heteroatoms. The molecule has 74 valence electrons. The largest absolute Gasteiger partial charge is 0.251 e. The van der Waals surface area contributed by atoms with E-state index in [4.69, 9.17) is 15.0 Å². The molecule has 0 aromatic rings. The van der Waals surface area contributed by atoms with E-state index < -0.39 is 5.60 Å². The van der Waals surface area contributed by atoms with E-state index in [2.05, 4.69) is 4.89 Å². The zero-order valence-electron chi connectivity index (χ0n) is 8.38. The van der Waals surface area contributed by atoms with Crippen LogP contribution in [0.5, 0.6) is 0 Å². The average Bonchev–Trinajstić information content (AvgIpc) is 1.84. The minimum atomic E-state index is -0.731. The van der Waals surface area contributed by atoms with Crippen molar-refractivity contribution in [1.29, 1.82) is 0 Å². The highest BCUT2D eigenvalue weighted by molar-refractivity contribution is 4.63. The second kappa shape index (κ2) is 4.18. The minimum absolute atomic E-state index is 0.181. The van der Waals surface area contributed by atoms with Crippen molar-refractivity contribution in [1.82, 2.24) is 0 Å².